The fourth-order valence-corrected chi connectivity index (χ4v) is 2.06. The number of rotatable bonds is 5. The van der Waals surface area contributed by atoms with Crippen LogP contribution < -0.4 is 4.90 Å². The van der Waals surface area contributed by atoms with Crippen LogP contribution in [0, 0.1) is 5.82 Å². The van der Waals surface area contributed by atoms with E-state index in [1.807, 2.05) is 24.1 Å². The van der Waals surface area contributed by atoms with Gasteiger partial charge in [0.2, 0.25) is 0 Å². The van der Waals surface area contributed by atoms with Gasteiger partial charge in [-0.3, -0.25) is 4.98 Å². The summed E-state index contributed by atoms with van der Waals surface area (Å²) in [6.45, 7) is 2.34. The maximum Gasteiger partial charge on any atom is 0.146 e. The topological polar surface area (TPSA) is 36.4 Å². The van der Waals surface area contributed by atoms with Crippen LogP contribution in [0.1, 0.15) is 24.2 Å². The lowest BCUT2D eigenvalue weighted by Gasteiger charge is -2.20. The zero-order chi connectivity index (χ0) is 14.5. The van der Waals surface area contributed by atoms with Crippen LogP contribution in [-0.4, -0.2) is 23.7 Å². The molecule has 0 amide bonds. The standard InChI is InChI=1S/C16H19FN2O/c1-12(20)14-3-4-16(15(17)11-14)19(2)10-7-13-5-8-18-9-6-13/h3-6,8-9,11-12,20H,7,10H2,1-2H3. The van der Waals surface area contributed by atoms with Crippen LogP contribution in [0.15, 0.2) is 42.7 Å². The van der Waals surface area contributed by atoms with E-state index in [1.54, 1.807) is 31.5 Å². The normalized spacial score (nSPS) is 12.2. The van der Waals surface area contributed by atoms with Crippen molar-refractivity contribution in [2.24, 2.45) is 0 Å². The Morgan fingerprint density at radius 3 is 2.55 bits per heavy atom. The summed E-state index contributed by atoms with van der Waals surface area (Å²) in [5.74, 6) is -0.305. The molecule has 1 unspecified atom stereocenters. The van der Waals surface area contributed by atoms with E-state index in [-0.39, 0.29) is 5.82 Å². The molecule has 0 saturated heterocycles. The van der Waals surface area contributed by atoms with Crippen molar-refractivity contribution in [3.05, 3.63) is 59.7 Å². The van der Waals surface area contributed by atoms with Gasteiger partial charge in [0, 0.05) is 26.0 Å². The SMILES string of the molecule is CC(O)c1ccc(N(C)CCc2ccncc2)c(F)c1. The molecule has 0 aliphatic rings. The Hall–Kier alpha value is -1.94. The van der Waals surface area contributed by atoms with E-state index in [4.69, 9.17) is 0 Å². The molecule has 20 heavy (non-hydrogen) atoms. The van der Waals surface area contributed by atoms with Crippen molar-refractivity contribution in [3.8, 4) is 0 Å². The number of pyridine rings is 1. The Morgan fingerprint density at radius 1 is 1.25 bits per heavy atom. The highest BCUT2D eigenvalue weighted by Gasteiger charge is 2.10. The van der Waals surface area contributed by atoms with Gasteiger partial charge < -0.3 is 10.0 Å². The molecule has 0 bridgehead atoms. The first-order chi connectivity index (χ1) is 9.58. The fraction of sp³-hybridized carbons (Fsp3) is 0.312. The van der Waals surface area contributed by atoms with Gasteiger partial charge in [-0.15, -0.1) is 0 Å². The Balaban J connectivity index is 2.04. The van der Waals surface area contributed by atoms with Crippen LogP contribution in [0.3, 0.4) is 0 Å². The molecule has 0 radical (unpaired) electrons. The zero-order valence-electron chi connectivity index (χ0n) is 11.8. The summed E-state index contributed by atoms with van der Waals surface area (Å²) in [6.07, 6.45) is 3.69. The second-order valence-electron chi connectivity index (χ2n) is 4.91. The summed E-state index contributed by atoms with van der Waals surface area (Å²) in [6, 6.07) is 8.78. The van der Waals surface area contributed by atoms with E-state index in [9.17, 15) is 9.50 Å². The van der Waals surface area contributed by atoms with Crippen LogP contribution in [0.25, 0.3) is 0 Å². The Morgan fingerprint density at radius 2 is 1.95 bits per heavy atom. The number of hydrogen-bond donors (Lipinski definition) is 1. The van der Waals surface area contributed by atoms with Crippen molar-refractivity contribution >= 4 is 5.69 Å². The van der Waals surface area contributed by atoms with E-state index in [1.165, 1.54) is 11.6 Å². The maximum absolute atomic E-state index is 14.0. The van der Waals surface area contributed by atoms with Gasteiger partial charge in [-0.25, -0.2) is 4.39 Å². The van der Waals surface area contributed by atoms with E-state index in [2.05, 4.69) is 4.98 Å². The minimum Gasteiger partial charge on any atom is -0.389 e. The summed E-state index contributed by atoms with van der Waals surface area (Å²) >= 11 is 0. The van der Waals surface area contributed by atoms with Crippen LogP contribution in [0.4, 0.5) is 10.1 Å². The molecule has 0 aliphatic carbocycles. The number of aliphatic hydroxyl groups excluding tert-OH is 1. The number of benzene rings is 1. The molecule has 1 atom stereocenters. The van der Waals surface area contributed by atoms with Gasteiger partial charge in [-0.2, -0.15) is 0 Å². The Kier molecular flexibility index (Phi) is 4.69. The van der Waals surface area contributed by atoms with Crippen molar-refractivity contribution in [3.63, 3.8) is 0 Å². The minimum absolute atomic E-state index is 0.305. The predicted octanol–water partition coefficient (Wildman–Crippen LogP) is 2.95. The first-order valence-electron chi connectivity index (χ1n) is 6.65. The smallest absolute Gasteiger partial charge is 0.146 e. The molecule has 2 aromatic rings. The molecule has 1 aromatic carbocycles. The second-order valence-corrected chi connectivity index (χ2v) is 4.91. The van der Waals surface area contributed by atoms with E-state index < -0.39 is 6.10 Å². The molecule has 1 aromatic heterocycles. The van der Waals surface area contributed by atoms with Crippen LogP contribution >= 0.6 is 0 Å². The largest absolute Gasteiger partial charge is 0.389 e. The molecule has 1 heterocycles. The Bertz CT molecular complexity index is 558. The molecular formula is C16H19FN2O. The molecule has 0 spiro atoms. The Labute approximate surface area is 118 Å². The van der Waals surface area contributed by atoms with Crippen LogP contribution in [-0.2, 0) is 6.42 Å². The van der Waals surface area contributed by atoms with Gasteiger partial charge in [0.05, 0.1) is 11.8 Å². The van der Waals surface area contributed by atoms with Crippen molar-refractivity contribution in [2.45, 2.75) is 19.4 Å². The third-order valence-electron chi connectivity index (χ3n) is 3.35. The van der Waals surface area contributed by atoms with Gasteiger partial charge >= 0.3 is 0 Å². The first kappa shape index (κ1) is 14.5. The number of hydrogen-bond acceptors (Lipinski definition) is 3. The third-order valence-corrected chi connectivity index (χ3v) is 3.35. The summed E-state index contributed by atoms with van der Waals surface area (Å²) in [4.78, 5) is 5.85. The third kappa shape index (κ3) is 3.54. The molecular weight excluding hydrogens is 255 g/mol. The average Bonchev–Trinajstić information content (AvgIpc) is 2.45. The van der Waals surface area contributed by atoms with Crippen LogP contribution in [0.2, 0.25) is 0 Å². The molecule has 3 nitrogen and oxygen atoms in total. The van der Waals surface area contributed by atoms with E-state index in [0.29, 0.717) is 11.3 Å². The summed E-state index contributed by atoms with van der Waals surface area (Å²) in [5, 5.41) is 9.44. The molecule has 106 valence electrons. The highest BCUT2D eigenvalue weighted by atomic mass is 19.1. The van der Waals surface area contributed by atoms with Gasteiger partial charge in [0.15, 0.2) is 0 Å². The lowest BCUT2D eigenvalue weighted by Crippen LogP contribution is -2.21. The summed E-state index contributed by atoms with van der Waals surface area (Å²) < 4.78 is 14.0. The molecule has 0 aliphatic heterocycles. The molecule has 0 fully saturated rings. The summed E-state index contributed by atoms with van der Waals surface area (Å²) in [5.41, 5.74) is 2.31. The fourth-order valence-electron chi connectivity index (χ4n) is 2.06. The maximum atomic E-state index is 14.0. The summed E-state index contributed by atoms with van der Waals surface area (Å²) in [7, 11) is 1.86. The highest BCUT2D eigenvalue weighted by molar-refractivity contribution is 5.49. The monoisotopic (exact) mass is 274 g/mol. The predicted molar refractivity (Wildman–Crippen MR) is 78.2 cm³/mol. The van der Waals surface area contributed by atoms with Gasteiger partial charge in [0.1, 0.15) is 5.82 Å². The molecule has 0 saturated carbocycles. The van der Waals surface area contributed by atoms with Gasteiger partial charge in [0.25, 0.3) is 0 Å². The van der Waals surface area contributed by atoms with E-state index >= 15 is 0 Å². The van der Waals surface area contributed by atoms with Crippen LogP contribution in [0.5, 0.6) is 0 Å². The lowest BCUT2D eigenvalue weighted by atomic mass is 10.1. The minimum atomic E-state index is -0.652. The number of anilines is 1. The molecule has 1 N–H and O–H groups in total. The molecule has 2 rings (SSSR count). The van der Waals surface area contributed by atoms with Crippen molar-refractivity contribution in [1.29, 1.82) is 0 Å². The number of aliphatic hydroxyl groups is 1. The number of likely N-dealkylation sites (N-methyl/N-ethyl adjacent to an activating group) is 1. The number of aromatic nitrogens is 1. The quantitative estimate of drug-likeness (QED) is 0.910. The van der Waals surface area contributed by atoms with Crippen molar-refractivity contribution < 1.29 is 9.50 Å². The van der Waals surface area contributed by atoms with Crippen molar-refractivity contribution in [1.82, 2.24) is 4.98 Å². The van der Waals surface area contributed by atoms with E-state index in [0.717, 1.165) is 13.0 Å². The van der Waals surface area contributed by atoms with Crippen molar-refractivity contribution in [2.75, 3.05) is 18.5 Å². The average molecular weight is 274 g/mol. The lowest BCUT2D eigenvalue weighted by molar-refractivity contribution is 0.199. The second kappa shape index (κ2) is 6.48. The zero-order valence-corrected chi connectivity index (χ0v) is 11.8. The highest BCUT2D eigenvalue weighted by Crippen LogP contribution is 2.22. The van der Waals surface area contributed by atoms with Gasteiger partial charge in [-0.05, 0) is 48.7 Å². The number of nitrogens with zero attached hydrogens (tertiary/aromatic N) is 2. The number of halogens is 1. The first-order valence-corrected chi connectivity index (χ1v) is 6.65. The molecule has 4 heteroatoms. The van der Waals surface area contributed by atoms with Gasteiger partial charge in [-0.1, -0.05) is 6.07 Å².